The van der Waals surface area contributed by atoms with Crippen molar-refractivity contribution in [1.29, 1.82) is 0 Å². The van der Waals surface area contributed by atoms with Crippen molar-refractivity contribution in [2.75, 3.05) is 6.61 Å². The van der Waals surface area contributed by atoms with Crippen LogP contribution in [0, 0.1) is 12.8 Å². The molecule has 3 N–H and O–H groups in total. The van der Waals surface area contributed by atoms with Crippen LogP contribution in [0.3, 0.4) is 0 Å². The Morgan fingerprint density at radius 2 is 1.95 bits per heavy atom. The first kappa shape index (κ1) is 14.6. The molecule has 0 saturated carbocycles. The van der Waals surface area contributed by atoms with Gasteiger partial charge < -0.3 is 10.5 Å². The molecule has 0 amide bonds. The van der Waals surface area contributed by atoms with E-state index in [0.717, 1.165) is 41.3 Å². The van der Waals surface area contributed by atoms with E-state index >= 15 is 0 Å². The molecule has 0 unspecified atom stereocenters. The van der Waals surface area contributed by atoms with Crippen molar-refractivity contribution in [3.63, 3.8) is 0 Å². The van der Waals surface area contributed by atoms with Gasteiger partial charge in [-0.05, 0) is 43.5 Å². The third-order valence-corrected chi connectivity index (χ3v) is 3.37. The number of aryl methyl sites for hydroxylation is 1. The maximum absolute atomic E-state index is 5.77. The van der Waals surface area contributed by atoms with Gasteiger partial charge in [-0.25, -0.2) is 0 Å². The smallest absolute Gasteiger partial charge is 0.119 e. The highest BCUT2D eigenvalue weighted by atomic mass is 16.5. The van der Waals surface area contributed by atoms with Gasteiger partial charge in [0.25, 0.3) is 0 Å². The van der Waals surface area contributed by atoms with Gasteiger partial charge in [0.15, 0.2) is 0 Å². The van der Waals surface area contributed by atoms with Gasteiger partial charge in [0, 0.05) is 23.4 Å². The fourth-order valence-corrected chi connectivity index (χ4v) is 2.06. The lowest BCUT2D eigenvalue weighted by molar-refractivity contribution is 0.289. The van der Waals surface area contributed by atoms with Crippen molar-refractivity contribution in [1.82, 2.24) is 10.2 Å². The molecule has 0 aliphatic heterocycles. The summed E-state index contributed by atoms with van der Waals surface area (Å²) < 4.78 is 5.72. The van der Waals surface area contributed by atoms with Crippen LogP contribution in [0.4, 0.5) is 0 Å². The summed E-state index contributed by atoms with van der Waals surface area (Å²) in [7, 11) is 0. The van der Waals surface area contributed by atoms with E-state index in [4.69, 9.17) is 10.5 Å². The molecule has 2 rings (SSSR count). The molecule has 0 spiro atoms. The number of H-pyrrole nitrogens is 1. The molecular weight excluding hydrogens is 250 g/mol. The third-order valence-electron chi connectivity index (χ3n) is 3.37. The third kappa shape index (κ3) is 3.39. The van der Waals surface area contributed by atoms with Gasteiger partial charge in [-0.15, -0.1) is 0 Å². The summed E-state index contributed by atoms with van der Waals surface area (Å²) in [4.78, 5) is 0. The van der Waals surface area contributed by atoms with Crippen LogP contribution >= 0.6 is 0 Å². The Labute approximate surface area is 120 Å². The topological polar surface area (TPSA) is 63.9 Å². The van der Waals surface area contributed by atoms with E-state index in [1.165, 1.54) is 0 Å². The van der Waals surface area contributed by atoms with E-state index in [1.54, 1.807) is 0 Å². The van der Waals surface area contributed by atoms with E-state index in [-0.39, 0.29) is 0 Å². The van der Waals surface area contributed by atoms with Crippen LogP contribution in [0.2, 0.25) is 0 Å². The summed E-state index contributed by atoms with van der Waals surface area (Å²) in [5, 5.41) is 7.31. The zero-order valence-electron chi connectivity index (χ0n) is 12.4. The largest absolute Gasteiger partial charge is 0.494 e. The van der Waals surface area contributed by atoms with E-state index in [1.807, 2.05) is 31.2 Å². The molecule has 0 bridgehead atoms. The monoisotopic (exact) mass is 273 g/mol. The standard InChI is InChI=1S/C16H23N3O/c1-11(2)8-9-20-14-6-4-13(5-7-14)16-15(10-17)12(3)18-19-16/h4-7,11H,8-10,17H2,1-3H3,(H,18,19). The summed E-state index contributed by atoms with van der Waals surface area (Å²) in [6.07, 6.45) is 1.07. The minimum absolute atomic E-state index is 0.490. The number of ether oxygens (including phenoxy) is 1. The Bertz CT molecular complexity index is 543. The van der Waals surface area contributed by atoms with Crippen LogP contribution < -0.4 is 10.5 Å². The number of nitrogens with zero attached hydrogens (tertiary/aromatic N) is 1. The van der Waals surface area contributed by atoms with E-state index in [0.29, 0.717) is 12.5 Å². The van der Waals surface area contributed by atoms with Gasteiger partial charge in [0.05, 0.1) is 12.3 Å². The number of benzene rings is 1. The highest BCUT2D eigenvalue weighted by molar-refractivity contribution is 5.64. The van der Waals surface area contributed by atoms with Crippen molar-refractivity contribution in [3.8, 4) is 17.0 Å². The number of nitrogens with one attached hydrogen (secondary N) is 1. The minimum atomic E-state index is 0.490. The average Bonchev–Trinajstić information content (AvgIpc) is 2.80. The highest BCUT2D eigenvalue weighted by Gasteiger charge is 2.10. The highest BCUT2D eigenvalue weighted by Crippen LogP contribution is 2.25. The van der Waals surface area contributed by atoms with Crippen LogP contribution in [-0.2, 0) is 6.54 Å². The van der Waals surface area contributed by atoms with Crippen molar-refractivity contribution in [3.05, 3.63) is 35.5 Å². The number of hydrogen-bond acceptors (Lipinski definition) is 3. The van der Waals surface area contributed by atoms with Gasteiger partial charge in [0.1, 0.15) is 5.75 Å². The van der Waals surface area contributed by atoms with Gasteiger partial charge in [-0.3, -0.25) is 5.10 Å². The van der Waals surface area contributed by atoms with Crippen molar-refractivity contribution >= 4 is 0 Å². The van der Waals surface area contributed by atoms with Crippen molar-refractivity contribution in [2.24, 2.45) is 11.7 Å². The molecule has 0 aliphatic carbocycles. The quantitative estimate of drug-likeness (QED) is 0.849. The molecular formula is C16H23N3O. The number of rotatable bonds is 6. The molecule has 4 nitrogen and oxygen atoms in total. The summed E-state index contributed by atoms with van der Waals surface area (Å²) in [6, 6.07) is 8.03. The Morgan fingerprint density at radius 1 is 1.25 bits per heavy atom. The molecule has 108 valence electrons. The van der Waals surface area contributed by atoms with Crippen LogP contribution in [0.15, 0.2) is 24.3 Å². The molecule has 4 heteroatoms. The molecule has 0 atom stereocenters. The van der Waals surface area contributed by atoms with E-state index in [9.17, 15) is 0 Å². The maximum Gasteiger partial charge on any atom is 0.119 e. The van der Waals surface area contributed by atoms with Gasteiger partial charge in [-0.2, -0.15) is 5.10 Å². The van der Waals surface area contributed by atoms with Gasteiger partial charge >= 0.3 is 0 Å². The zero-order valence-corrected chi connectivity index (χ0v) is 12.4. The van der Waals surface area contributed by atoms with Gasteiger partial charge in [-0.1, -0.05) is 13.8 Å². The summed E-state index contributed by atoms with van der Waals surface area (Å²) in [5.74, 6) is 1.56. The normalized spacial score (nSPS) is 11.1. The predicted molar refractivity (Wildman–Crippen MR) is 81.6 cm³/mol. The first-order valence-electron chi connectivity index (χ1n) is 7.09. The molecule has 1 aromatic carbocycles. The van der Waals surface area contributed by atoms with Crippen LogP contribution in [0.5, 0.6) is 5.75 Å². The number of aromatic nitrogens is 2. The number of nitrogens with two attached hydrogens (primary N) is 1. The molecule has 0 radical (unpaired) electrons. The summed E-state index contributed by atoms with van der Waals surface area (Å²) in [5.41, 5.74) is 9.86. The number of hydrogen-bond donors (Lipinski definition) is 2. The number of aromatic amines is 1. The average molecular weight is 273 g/mol. The van der Waals surface area contributed by atoms with Crippen molar-refractivity contribution < 1.29 is 4.74 Å². The Morgan fingerprint density at radius 3 is 2.55 bits per heavy atom. The summed E-state index contributed by atoms with van der Waals surface area (Å²) in [6.45, 7) is 7.63. The second kappa shape index (κ2) is 6.57. The summed E-state index contributed by atoms with van der Waals surface area (Å²) >= 11 is 0. The van der Waals surface area contributed by atoms with Crippen molar-refractivity contribution in [2.45, 2.75) is 33.7 Å². The fraction of sp³-hybridized carbons (Fsp3) is 0.438. The lowest BCUT2D eigenvalue weighted by Gasteiger charge is -2.08. The lowest BCUT2D eigenvalue weighted by Crippen LogP contribution is -2.01. The zero-order chi connectivity index (χ0) is 14.5. The Kier molecular flexibility index (Phi) is 4.79. The second-order valence-corrected chi connectivity index (χ2v) is 5.44. The van der Waals surface area contributed by atoms with Gasteiger partial charge in [0.2, 0.25) is 0 Å². The first-order valence-corrected chi connectivity index (χ1v) is 7.09. The Hall–Kier alpha value is -1.81. The minimum Gasteiger partial charge on any atom is -0.494 e. The molecule has 0 aliphatic rings. The molecule has 2 aromatic rings. The fourth-order valence-electron chi connectivity index (χ4n) is 2.06. The lowest BCUT2D eigenvalue weighted by atomic mass is 10.1. The Balaban J connectivity index is 2.08. The van der Waals surface area contributed by atoms with Crippen LogP contribution in [0.25, 0.3) is 11.3 Å². The van der Waals surface area contributed by atoms with Crippen LogP contribution in [-0.4, -0.2) is 16.8 Å². The molecule has 1 aromatic heterocycles. The molecule has 1 heterocycles. The maximum atomic E-state index is 5.77. The van der Waals surface area contributed by atoms with E-state index in [2.05, 4.69) is 24.0 Å². The molecule has 0 fully saturated rings. The first-order chi connectivity index (χ1) is 9.61. The second-order valence-electron chi connectivity index (χ2n) is 5.44. The van der Waals surface area contributed by atoms with Crippen LogP contribution in [0.1, 0.15) is 31.5 Å². The molecule has 20 heavy (non-hydrogen) atoms. The predicted octanol–water partition coefficient (Wildman–Crippen LogP) is 3.27. The van der Waals surface area contributed by atoms with E-state index < -0.39 is 0 Å². The SMILES string of the molecule is Cc1[nH]nc(-c2ccc(OCCC(C)C)cc2)c1CN. The molecule has 0 saturated heterocycles.